The third kappa shape index (κ3) is 10.6. The molecule has 3 atom stereocenters. The number of amides is 3. The summed E-state index contributed by atoms with van der Waals surface area (Å²) in [7, 11) is 0. The maximum Gasteiger partial charge on any atom is 0.271 e. The third-order valence-electron chi connectivity index (χ3n) is 6.56. The van der Waals surface area contributed by atoms with Crippen LogP contribution in [0.5, 0.6) is 0 Å². The molecular weight excluding hydrogens is 548 g/mol. The van der Waals surface area contributed by atoms with Crippen molar-refractivity contribution in [3.05, 3.63) is 69.2 Å². The standard InChI is InChI=1S/C30H39ClN4O6/c1-6-27(37)34-28(19(4)5)26(36)16-21(14-18(2)3)29(38)33-25(15-20-10-8-7-9-11-20)30(39)32-24-13-12-22(35(40)41)17-23(24)31/h7-13,17-19,21,25,28H,6,14-16H2,1-5H3,(H,32,39)(H,33,38)(H,34,37)/t21-,25+,28+/m1/s1. The Balaban J connectivity index is 2.30. The zero-order chi connectivity index (χ0) is 30.7. The second-order valence-electron chi connectivity index (χ2n) is 10.8. The maximum atomic E-state index is 13.6. The second kappa shape index (κ2) is 15.9. The fourth-order valence-electron chi connectivity index (χ4n) is 4.40. The Bertz CT molecular complexity index is 1230. The molecule has 10 nitrogen and oxygen atoms in total. The van der Waals surface area contributed by atoms with Crippen LogP contribution in [0, 0.1) is 27.9 Å². The molecule has 0 aliphatic carbocycles. The van der Waals surface area contributed by atoms with Crippen molar-refractivity contribution < 1.29 is 24.1 Å². The van der Waals surface area contributed by atoms with E-state index in [-0.39, 0.29) is 59.2 Å². The molecule has 0 aromatic heterocycles. The largest absolute Gasteiger partial charge is 0.346 e. The van der Waals surface area contributed by atoms with Crippen molar-refractivity contribution in [3.8, 4) is 0 Å². The number of benzene rings is 2. The molecule has 0 radical (unpaired) electrons. The number of rotatable bonds is 15. The minimum absolute atomic E-state index is 0.0190. The first-order valence-electron chi connectivity index (χ1n) is 13.7. The molecule has 0 bridgehead atoms. The molecule has 222 valence electrons. The van der Waals surface area contributed by atoms with Crippen LogP contribution < -0.4 is 16.0 Å². The molecule has 0 fully saturated rings. The van der Waals surface area contributed by atoms with Gasteiger partial charge in [0.05, 0.1) is 21.7 Å². The van der Waals surface area contributed by atoms with Crippen molar-refractivity contribution in [2.24, 2.45) is 17.8 Å². The van der Waals surface area contributed by atoms with Crippen LogP contribution in [0.1, 0.15) is 59.4 Å². The zero-order valence-electron chi connectivity index (χ0n) is 24.1. The van der Waals surface area contributed by atoms with E-state index in [0.717, 1.165) is 11.6 Å². The lowest BCUT2D eigenvalue weighted by molar-refractivity contribution is -0.384. The minimum Gasteiger partial charge on any atom is -0.346 e. The van der Waals surface area contributed by atoms with Crippen LogP contribution in [0.25, 0.3) is 0 Å². The fourth-order valence-corrected chi connectivity index (χ4v) is 4.63. The zero-order valence-corrected chi connectivity index (χ0v) is 24.9. The summed E-state index contributed by atoms with van der Waals surface area (Å²) in [6, 6.07) is 11.0. The number of nitro benzene ring substituents is 1. The average molecular weight is 587 g/mol. The average Bonchev–Trinajstić information content (AvgIpc) is 2.91. The van der Waals surface area contributed by atoms with Gasteiger partial charge in [0.15, 0.2) is 5.78 Å². The number of carbonyl (C=O) groups is 4. The third-order valence-corrected chi connectivity index (χ3v) is 6.88. The van der Waals surface area contributed by atoms with Crippen molar-refractivity contribution in [1.82, 2.24) is 10.6 Å². The van der Waals surface area contributed by atoms with Crippen LogP contribution in [0.3, 0.4) is 0 Å². The number of non-ortho nitro benzene ring substituents is 1. The summed E-state index contributed by atoms with van der Waals surface area (Å²) in [5.74, 6) is -2.32. The summed E-state index contributed by atoms with van der Waals surface area (Å²) >= 11 is 6.18. The number of nitrogens with zero attached hydrogens (tertiary/aromatic N) is 1. The van der Waals surface area contributed by atoms with Crippen molar-refractivity contribution in [2.45, 2.75) is 72.4 Å². The van der Waals surface area contributed by atoms with E-state index >= 15 is 0 Å². The Morgan fingerprint density at radius 1 is 0.951 bits per heavy atom. The van der Waals surface area contributed by atoms with E-state index in [1.54, 1.807) is 6.92 Å². The predicted octanol–water partition coefficient (Wildman–Crippen LogP) is 5.09. The molecule has 0 saturated carbocycles. The van der Waals surface area contributed by atoms with Crippen LogP contribution in [0.2, 0.25) is 5.02 Å². The van der Waals surface area contributed by atoms with Crippen molar-refractivity contribution in [1.29, 1.82) is 0 Å². The van der Waals surface area contributed by atoms with E-state index in [4.69, 9.17) is 11.6 Å². The van der Waals surface area contributed by atoms with Gasteiger partial charge in [0.2, 0.25) is 17.7 Å². The van der Waals surface area contributed by atoms with E-state index in [0.29, 0.717) is 6.42 Å². The van der Waals surface area contributed by atoms with Crippen LogP contribution >= 0.6 is 11.6 Å². The molecule has 41 heavy (non-hydrogen) atoms. The van der Waals surface area contributed by atoms with E-state index in [9.17, 15) is 29.3 Å². The van der Waals surface area contributed by atoms with Gasteiger partial charge in [0, 0.05) is 37.3 Å². The molecular formula is C30H39ClN4O6. The van der Waals surface area contributed by atoms with E-state index in [1.165, 1.54) is 12.1 Å². The predicted molar refractivity (Wildman–Crippen MR) is 158 cm³/mol. The summed E-state index contributed by atoms with van der Waals surface area (Å²) in [5, 5.41) is 19.3. The Labute approximate surface area is 245 Å². The smallest absolute Gasteiger partial charge is 0.271 e. The number of nitro groups is 1. The van der Waals surface area contributed by atoms with Crippen molar-refractivity contribution >= 4 is 46.5 Å². The lowest BCUT2D eigenvalue weighted by atomic mass is 9.87. The molecule has 0 aliphatic rings. The molecule has 0 saturated heterocycles. The quantitative estimate of drug-likeness (QED) is 0.196. The Morgan fingerprint density at radius 2 is 1.61 bits per heavy atom. The summed E-state index contributed by atoms with van der Waals surface area (Å²) in [6.07, 6.45) is 0.705. The maximum absolute atomic E-state index is 13.6. The number of carbonyl (C=O) groups excluding carboxylic acids is 4. The molecule has 2 aromatic rings. The second-order valence-corrected chi connectivity index (χ2v) is 11.2. The number of nitrogens with one attached hydrogen (secondary N) is 3. The van der Waals surface area contributed by atoms with Gasteiger partial charge in [-0.05, 0) is 29.9 Å². The van der Waals surface area contributed by atoms with Gasteiger partial charge in [-0.3, -0.25) is 29.3 Å². The van der Waals surface area contributed by atoms with E-state index in [1.807, 2.05) is 58.0 Å². The van der Waals surface area contributed by atoms with Gasteiger partial charge in [-0.15, -0.1) is 0 Å². The Morgan fingerprint density at radius 3 is 2.15 bits per heavy atom. The lowest BCUT2D eigenvalue weighted by Crippen LogP contribution is -2.49. The highest BCUT2D eigenvalue weighted by Gasteiger charge is 2.32. The first-order chi connectivity index (χ1) is 19.3. The normalized spacial score (nSPS) is 13.3. The molecule has 3 N–H and O–H groups in total. The molecule has 11 heteroatoms. The van der Waals surface area contributed by atoms with E-state index in [2.05, 4.69) is 16.0 Å². The highest BCUT2D eigenvalue weighted by Crippen LogP contribution is 2.27. The monoisotopic (exact) mass is 586 g/mol. The number of ketones is 1. The first-order valence-corrected chi connectivity index (χ1v) is 14.1. The molecule has 2 rings (SSSR count). The molecule has 0 spiro atoms. The summed E-state index contributed by atoms with van der Waals surface area (Å²) in [6.45, 7) is 9.25. The van der Waals surface area contributed by atoms with Crippen molar-refractivity contribution in [3.63, 3.8) is 0 Å². The van der Waals surface area contributed by atoms with Crippen LogP contribution in [-0.4, -0.2) is 40.5 Å². The summed E-state index contributed by atoms with van der Waals surface area (Å²) < 4.78 is 0. The summed E-state index contributed by atoms with van der Waals surface area (Å²) in [4.78, 5) is 62.7. The highest BCUT2D eigenvalue weighted by atomic mass is 35.5. The molecule has 0 unspecified atom stereocenters. The highest BCUT2D eigenvalue weighted by molar-refractivity contribution is 6.34. The first kappa shape index (κ1) is 33.4. The van der Waals surface area contributed by atoms with Gasteiger partial charge >= 0.3 is 0 Å². The van der Waals surface area contributed by atoms with Crippen LogP contribution in [0.4, 0.5) is 11.4 Å². The van der Waals surface area contributed by atoms with Gasteiger partial charge in [0.25, 0.3) is 5.69 Å². The number of halogens is 1. The SMILES string of the molecule is CCC(=O)N[C@H](C(=O)C[C@@H](CC(C)C)C(=O)N[C@@H](Cc1ccccc1)C(=O)Nc1ccc([N+](=O)[O-])cc1Cl)C(C)C. The summed E-state index contributed by atoms with van der Waals surface area (Å²) in [5.41, 5.74) is 0.731. The topological polar surface area (TPSA) is 148 Å². The van der Waals surface area contributed by atoms with Gasteiger partial charge < -0.3 is 16.0 Å². The number of anilines is 1. The molecule has 2 aromatic carbocycles. The van der Waals surface area contributed by atoms with Gasteiger partial charge in [-0.1, -0.05) is 76.6 Å². The van der Waals surface area contributed by atoms with Crippen molar-refractivity contribution in [2.75, 3.05) is 5.32 Å². The lowest BCUT2D eigenvalue weighted by Gasteiger charge is -2.26. The molecule has 3 amide bonds. The van der Waals surface area contributed by atoms with Gasteiger partial charge in [0.1, 0.15) is 6.04 Å². The van der Waals surface area contributed by atoms with Gasteiger partial charge in [-0.2, -0.15) is 0 Å². The van der Waals surface area contributed by atoms with Crippen LogP contribution in [0.15, 0.2) is 48.5 Å². The number of hydrogen-bond acceptors (Lipinski definition) is 6. The van der Waals surface area contributed by atoms with Crippen LogP contribution in [-0.2, 0) is 25.6 Å². The Kier molecular flexibility index (Phi) is 12.9. The Hall–Kier alpha value is -3.79. The minimum atomic E-state index is -1.03. The number of Topliss-reactive ketones (excluding diaryl/α,β-unsaturated/α-hetero) is 1. The molecule has 0 heterocycles. The fraction of sp³-hybridized carbons (Fsp3) is 0.467. The molecule has 0 aliphatic heterocycles. The van der Waals surface area contributed by atoms with Gasteiger partial charge in [-0.25, -0.2) is 0 Å². The number of hydrogen-bond donors (Lipinski definition) is 3. The van der Waals surface area contributed by atoms with E-state index < -0.39 is 34.7 Å².